The molecule has 0 unspecified atom stereocenters. The van der Waals surface area contributed by atoms with Crippen molar-refractivity contribution in [3.05, 3.63) is 0 Å². The summed E-state index contributed by atoms with van der Waals surface area (Å²) in [5.41, 5.74) is 0. The van der Waals surface area contributed by atoms with Gasteiger partial charge in [0, 0.05) is 0 Å². The lowest BCUT2D eigenvalue weighted by molar-refractivity contribution is 0.485. The minimum Gasteiger partial charge on any atom is -0.274 e. The minimum absolute atomic E-state index is 0. The zero-order valence-corrected chi connectivity index (χ0v) is 4.57. The van der Waals surface area contributed by atoms with Crippen LogP contribution in [-0.2, 0) is 10.3 Å². The molecule has 0 radical (unpaired) electrons. The Morgan fingerprint density at radius 2 is 1.50 bits per heavy atom. The van der Waals surface area contributed by atoms with Gasteiger partial charge in [-0.25, -0.2) is 5.14 Å². The molecule has 0 heterocycles. The first-order chi connectivity index (χ1) is 2.00. The zero-order valence-electron chi connectivity index (χ0n) is 2.75. The van der Waals surface area contributed by atoms with Crippen molar-refractivity contribution in [3.63, 3.8) is 0 Å². The minimum atomic E-state index is -4.17. The molecule has 0 amide bonds. The first kappa shape index (κ1) is 9.52. The molecular formula is H5NO3S2. The van der Waals surface area contributed by atoms with Gasteiger partial charge in [-0.1, -0.05) is 0 Å². The summed E-state index contributed by atoms with van der Waals surface area (Å²) in [6, 6.07) is 0. The van der Waals surface area contributed by atoms with Crippen LogP contribution in [0.5, 0.6) is 0 Å². The second-order valence-corrected chi connectivity index (χ2v) is 1.54. The first-order valence-corrected chi connectivity index (χ1v) is 2.25. The lowest BCUT2D eigenvalue weighted by Gasteiger charge is -1.70. The van der Waals surface area contributed by atoms with E-state index in [1.165, 1.54) is 0 Å². The van der Waals surface area contributed by atoms with Crippen LogP contribution in [0.25, 0.3) is 0 Å². The largest absolute Gasteiger partial charge is 0.330 e. The molecule has 4 nitrogen and oxygen atoms in total. The van der Waals surface area contributed by atoms with Crippen molar-refractivity contribution in [2.75, 3.05) is 0 Å². The molecule has 0 aliphatic carbocycles. The van der Waals surface area contributed by atoms with Gasteiger partial charge in [-0.05, 0) is 0 Å². The second-order valence-electron chi connectivity index (χ2n) is 0.515. The van der Waals surface area contributed by atoms with Crippen molar-refractivity contribution >= 4 is 23.8 Å². The summed E-state index contributed by atoms with van der Waals surface area (Å²) in [5, 5.41) is 3.88. The van der Waals surface area contributed by atoms with Crippen LogP contribution in [0.4, 0.5) is 0 Å². The molecule has 6 heteroatoms. The first-order valence-electron chi connectivity index (χ1n) is 0.752. The molecule has 0 saturated heterocycles. The lowest BCUT2D eigenvalue weighted by Crippen LogP contribution is -2.08. The van der Waals surface area contributed by atoms with Gasteiger partial charge in [0.25, 0.3) is 0 Å². The van der Waals surface area contributed by atoms with E-state index in [9.17, 15) is 0 Å². The Kier molecular flexibility index (Phi) is 3.81. The summed E-state index contributed by atoms with van der Waals surface area (Å²) >= 11 is 0. The normalized spacial score (nSPS) is 9.67. The predicted molar refractivity (Wildman–Crippen MR) is 26.1 cm³/mol. The average Bonchev–Trinajstić information content (AvgIpc) is 0.722. The van der Waals surface area contributed by atoms with E-state index in [-0.39, 0.29) is 13.5 Å². The summed E-state index contributed by atoms with van der Waals surface area (Å²) in [7, 11) is -4.17. The van der Waals surface area contributed by atoms with E-state index in [4.69, 9.17) is 13.0 Å². The number of hydrogen-bond acceptors (Lipinski definition) is 2. The van der Waals surface area contributed by atoms with Crippen LogP contribution in [0.3, 0.4) is 0 Å². The molecule has 40 valence electrons. The highest BCUT2D eigenvalue weighted by atomic mass is 32.2. The van der Waals surface area contributed by atoms with Gasteiger partial charge in [-0.3, -0.25) is 4.55 Å². The lowest BCUT2D eigenvalue weighted by atomic mass is 13.9. The maximum Gasteiger partial charge on any atom is 0.330 e. The summed E-state index contributed by atoms with van der Waals surface area (Å²) in [5.74, 6) is 0. The van der Waals surface area contributed by atoms with E-state index in [2.05, 4.69) is 5.14 Å². The van der Waals surface area contributed by atoms with Crippen LogP contribution in [0.1, 0.15) is 0 Å². The van der Waals surface area contributed by atoms with Crippen molar-refractivity contribution in [3.8, 4) is 0 Å². The van der Waals surface area contributed by atoms with Gasteiger partial charge in [-0.15, -0.1) is 0 Å². The number of hydrogen-bond donors (Lipinski definition) is 2. The zero-order chi connectivity index (χ0) is 4.50. The van der Waals surface area contributed by atoms with Gasteiger partial charge in [0.2, 0.25) is 0 Å². The molecule has 0 aliphatic rings. The Morgan fingerprint density at radius 1 is 1.50 bits per heavy atom. The van der Waals surface area contributed by atoms with Crippen LogP contribution in [0.15, 0.2) is 0 Å². The highest BCUT2D eigenvalue weighted by Crippen LogP contribution is 1.50. The molecule has 0 aromatic carbocycles. The Balaban J connectivity index is 0. The molecule has 6 heavy (non-hydrogen) atoms. The van der Waals surface area contributed by atoms with E-state index in [1.54, 1.807) is 0 Å². The average molecular weight is 131 g/mol. The van der Waals surface area contributed by atoms with E-state index in [0.717, 1.165) is 0 Å². The number of rotatable bonds is 0. The van der Waals surface area contributed by atoms with Crippen LogP contribution in [0, 0.1) is 0 Å². The molecule has 0 fully saturated rings. The van der Waals surface area contributed by atoms with Crippen molar-refractivity contribution in [1.82, 2.24) is 0 Å². The highest BCUT2D eigenvalue weighted by molar-refractivity contribution is 7.83. The molecule has 0 bridgehead atoms. The topological polar surface area (TPSA) is 80.4 Å². The molecule has 0 aromatic heterocycles. The van der Waals surface area contributed by atoms with Crippen LogP contribution in [-0.4, -0.2) is 13.0 Å². The Morgan fingerprint density at radius 3 is 1.50 bits per heavy atom. The summed E-state index contributed by atoms with van der Waals surface area (Å²) in [4.78, 5) is 0. The third kappa shape index (κ3) is 904. The maximum absolute atomic E-state index is 8.97. The van der Waals surface area contributed by atoms with Crippen LogP contribution < -0.4 is 5.14 Å². The van der Waals surface area contributed by atoms with Crippen molar-refractivity contribution in [2.45, 2.75) is 0 Å². The van der Waals surface area contributed by atoms with E-state index < -0.39 is 10.3 Å². The van der Waals surface area contributed by atoms with Gasteiger partial charge in [0.05, 0.1) is 0 Å². The summed E-state index contributed by atoms with van der Waals surface area (Å²) in [6.07, 6.45) is 0. The standard InChI is InChI=1S/H3NO3S.H2S/c1-5(2,3)4;/h(H3,1,2,3,4);1H2. The third-order valence-electron chi connectivity index (χ3n) is 0. The second kappa shape index (κ2) is 2.40. The van der Waals surface area contributed by atoms with Gasteiger partial charge < -0.3 is 0 Å². The summed E-state index contributed by atoms with van der Waals surface area (Å²) < 4.78 is 25.2. The Bertz CT molecular complexity index is 92.0. The van der Waals surface area contributed by atoms with E-state index in [0.29, 0.717) is 0 Å². The third-order valence-corrected chi connectivity index (χ3v) is 0. The van der Waals surface area contributed by atoms with Crippen molar-refractivity contribution in [2.24, 2.45) is 5.14 Å². The molecule has 0 saturated carbocycles. The molecule has 0 rings (SSSR count). The van der Waals surface area contributed by atoms with Crippen LogP contribution >= 0.6 is 13.5 Å². The van der Waals surface area contributed by atoms with Crippen molar-refractivity contribution in [1.29, 1.82) is 0 Å². The fraction of sp³-hybridized carbons (Fsp3) is 0. The number of nitrogens with two attached hydrogens (primary N) is 1. The molecule has 0 spiro atoms. The smallest absolute Gasteiger partial charge is 0.274 e. The fourth-order valence-corrected chi connectivity index (χ4v) is 0. The van der Waals surface area contributed by atoms with Gasteiger partial charge in [0.15, 0.2) is 0 Å². The Hall–Kier alpha value is 0.220. The van der Waals surface area contributed by atoms with E-state index in [1.807, 2.05) is 0 Å². The highest BCUT2D eigenvalue weighted by Gasteiger charge is 1.81. The van der Waals surface area contributed by atoms with Gasteiger partial charge >= 0.3 is 10.3 Å². The summed E-state index contributed by atoms with van der Waals surface area (Å²) in [6.45, 7) is 0. The molecule has 0 aromatic rings. The quantitative estimate of drug-likeness (QED) is 0.408. The van der Waals surface area contributed by atoms with Gasteiger partial charge in [0.1, 0.15) is 0 Å². The van der Waals surface area contributed by atoms with Crippen LogP contribution in [0.2, 0.25) is 0 Å². The molecule has 0 aliphatic heterocycles. The fourth-order valence-electron chi connectivity index (χ4n) is 0. The molecule has 0 atom stereocenters. The molecular weight excluding hydrogens is 126 g/mol. The molecule has 3 N–H and O–H groups in total. The predicted octanol–water partition coefficient (Wildman–Crippen LogP) is -1.14. The SMILES string of the molecule is NS(=O)(=O)O.S. The Labute approximate surface area is 42.7 Å². The monoisotopic (exact) mass is 131 g/mol. The van der Waals surface area contributed by atoms with E-state index >= 15 is 0 Å². The maximum atomic E-state index is 8.97. The van der Waals surface area contributed by atoms with Crippen molar-refractivity contribution < 1.29 is 13.0 Å². The van der Waals surface area contributed by atoms with Gasteiger partial charge in [-0.2, -0.15) is 21.9 Å².